The molecule has 0 fully saturated rings. The van der Waals surface area contributed by atoms with E-state index in [0.717, 1.165) is 6.20 Å². The minimum atomic E-state index is -2.94. The number of nitrogens with zero attached hydrogens (tertiary/aromatic N) is 2. The summed E-state index contributed by atoms with van der Waals surface area (Å²) >= 11 is 5.81. The summed E-state index contributed by atoms with van der Waals surface area (Å²) in [7, 11) is -2.94. The fourth-order valence-corrected chi connectivity index (χ4v) is 3.80. The quantitative estimate of drug-likeness (QED) is 0.162. The van der Waals surface area contributed by atoms with Gasteiger partial charge in [0.15, 0.2) is 0 Å². The highest BCUT2D eigenvalue weighted by Gasteiger charge is 2.13. The number of hydrogen-bond donors (Lipinski definition) is 0. The molecule has 3 rings (SSSR count). The van der Waals surface area contributed by atoms with Crippen LogP contribution in [-0.4, -0.2) is 22.2 Å². The van der Waals surface area contributed by atoms with E-state index in [0.29, 0.717) is 21.0 Å². The van der Waals surface area contributed by atoms with E-state index in [1.54, 1.807) is 60.7 Å². The Bertz CT molecular complexity index is 1330. The molecule has 1 atom stereocenters. The van der Waals surface area contributed by atoms with E-state index in [1.165, 1.54) is 30.5 Å². The number of rotatable bonds is 6. The molecule has 0 radical (unpaired) electrons. The first kappa shape index (κ1) is 22.9. The van der Waals surface area contributed by atoms with Gasteiger partial charge in [0.1, 0.15) is 17.4 Å². The highest BCUT2D eigenvalue weighted by Crippen LogP contribution is 2.20. The predicted octanol–water partition coefficient (Wildman–Crippen LogP) is 5.31. The van der Waals surface area contributed by atoms with Gasteiger partial charge in [-0.15, -0.1) is 0 Å². The number of allylic oxidation sites excluding steroid dienone is 1. The number of ketones is 1. The van der Waals surface area contributed by atoms with Crippen molar-refractivity contribution in [1.82, 2.24) is 0 Å². The lowest BCUT2D eigenvalue weighted by atomic mass is 10.1. The number of carbonyl (C=O) groups excluding carboxylic acids is 2. The zero-order chi connectivity index (χ0) is 23.1. The third kappa shape index (κ3) is 5.70. The zero-order valence-electron chi connectivity index (χ0n) is 16.9. The van der Waals surface area contributed by atoms with Crippen LogP contribution in [0.25, 0.3) is 0 Å². The predicted molar refractivity (Wildman–Crippen MR) is 122 cm³/mol. The summed E-state index contributed by atoms with van der Waals surface area (Å²) in [6.07, 6.45) is 2.42. The van der Waals surface area contributed by atoms with Gasteiger partial charge in [-0.25, -0.2) is 13.4 Å². The van der Waals surface area contributed by atoms with Crippen molar-refractivity contribution in [1.29, 1.82) is 5.26 Å². The molecule has 0 aliphatic heterocycles. The summed E-state index contributed by atoms with van der Waals surface area (Å²) in [6.45, 7) is 0. The summed E-state index contributed by atoms with van der Waals surface area (Å²) in [6, 6.07) is 22.4. The van der Waals surface area contributed by atoms with Crippen LogP contribution < -0.4 is 4.74 Å². The van der Waals surface area contributed by atoms with E-state index in [4.69, 9.17) is 16.3 Å². The number of ether oxygens (including phenoxy) is 1. The lowest BCUT2D eigenvalue weighted by Gasteiger charge is -2.07. The molecule has 160 valence electrons. The van der Waals surface area contributed by atoms with Gasteiger partial charge in [0.2, 0.25) is 5.78 Å². The lowest BCUT2D eigenvalue weighted by molar-refractivity contribution is 0.0734. The third-order valence-corrected chi connectivity index (χ3v) is 6.24. The molecule has 0 aliphatic rings. The SMILES string of the molecule is CS(=O)(=NC=C(C#N)C(=O)c1ccccc1)c1ccc(OC(=O)c2ccc(Cl)cc2)cc1. The highest BCUT2D eigenvalue weighted by atomic mass is 35.5. The molecule has 0 spiro atoms. The monoisotopic (exact) mass is 464 g/mol. The number of nitriles is 1. The molecule has 0 saturated carbocycles. The van der Waals surface area contributed by atoms with Gasteiger partial charge in [-0.2, -0.15) is 5.26 Å². The number of Topliss-reactive ketones (excluding diaryl/α,β-unsaturated/α-hetero) is 1. The molecule has 0 amide bonds. The molecule has 3 aromatic rings. The number of benzene rings is 3. The van der Waals surface area contributed by atoms with Crippen LogP contribution in [0.4, 0.5) is 0 Å². The van der Waals surface area contributed by atoms with E-state index >= 15 is 0 Å². The molecule has 0 N–H and O–H groups in total. The van der Waals surface area contributed by atoms with Crippen LogP contribution in [0.3, 0.4) is 0 Å². The number of carbonyl (C=O) groups is 2. The van der Waals surface area contributed by atoms with Gasteiger partial charge in [-0.1, -0.05) is 41.9 Å². The van der Waals surface area contributed by atoms with Crippen molar-refractivity contribution >= 4 is 33.1 Å². The average molecular weight is 465 g/mol. The van der Waals surface area contributed by atoms with Crippen LogP contribution in [0, 0.1) is 11.3 Å². The van der Waals surface area contributed by atoms with Crippen molar-refractivity contribution in [2.75, 3.05) is 6.26 Å². The van der Waals surface area contributed by atoms with Gasteiger partial charge in [0.05, 0.1) is 21.5 Å². The van der Waals surface area contributed by atoms with E-state index in [1.807, 2.05) is 0 Å². The largest absolute Gasteiger partial charge is 0.423 e. The second-order valence-electron chi connectivity index (χ2n) is 6.63. The lowest BCUT2D eigenvalue weighted by Crippen LogP contribution is -2.08. The molecular weight excluding hydrogens is 448 g/mol. The number of halogens is 1. The van der Waals surface area contributed by atoms with Crippen LogP contribution in [0.5, 0.6) is 5.75 Å². The van der Waals surface area contributed by atoms with Crippen LogP contribution in [0.15, 0.2) is 99.9 Å². The molecule has 0 aromatic heterocycles. The molecule has 0 saturated heterocycles. The topological polar surface area (TPSA) is 96.6 Å². The Kier molecular flexibility index (Phi) is 7.21. The molecule has 8 heteroatoms. The van der Waals surface area contributed by atoms with E-state index in [-0.39, 0.29) is 11.3 Å². The Hall–Kier alpha value is -3.73. The Morgan fingerprint density at radius 1 is 0.969 bits per heavy atom. The number of hydrogen-bond acceptors (Lipinski definition) is 6. The summed E-state index contributed by atoms with van der Waals surface area (Å²) in [5, 5.41) is 9.81. The fraction of sp³-hybridized carbons (Fsp3) is 0.0417. The van der Waals surface area contributed by atoms with Gasteiger partial charge in [0, 0.05) is 21.7 Å². The maximum absolute atomic E-state index is 13.0. The first-order chi connectivity index (χ1) is 15.3. The van der Waals surface area contributed by atoms with E-state index in [2.05, 4.69) is 4.36 Å². The summed E-state index contributed by atoms with van der Waals surface area (Å²) in [5.41, 5.74) is 0.453. The van der Waals surface area contributed by atoms with E-state index in [9.17, 15) is 19.1 Å². The fourth-order valence-electron chi connectivity index (χ4n) is 2.61. The van der Waals surface area contributed by atoms with Crippen molar-refractivity contribution in [3.63, 3.8) is 0 Å². The second-order valence-corrected chi connectivity index (χ2v) is 9.35. The first-order valence-corrected chi connectivity index (χ1v) is 11.6. The van der Waals surface area contributed by atoms with Crippen molar-refractivity contribution in [3.05, 3.63) is 107 Å². The van der Waals surface area contributed by atoms with Crippen LogP contribution in [0.1, 0.15) is 20.7 Å². The second kappa shape index (κ2) is 10.1. The van der Waals surface area contributed by atoms with Crippen molar-refractivity contribution in [2.45, 2.75) is 4.90 Å². The summed E-state index contributed by atoms with van der Waals surface area (Å²) in [4.78, 5) is 25.0. The van der Waals surface area contributed by atoms with Crippen molar-refractivity contribution in [2.24, 2.45) is 4.36 Å². The maximum atomic E-state index is 13.0. The standard InChI is InChI=1S/C24H17ClN2O4S/c1-32(30,27-16-19(15-26)23(28)17-5-3-2-4-6-17)22-13-11-21(12-14-22)31-24(29)18-7-9-20(25)10-8-18/h2-14,16H,1H3. The van der Waals surface area contributed by atoms with Crippen molar-refractivity contribution in [3.8, 4) is 11.8 Å². The zero-order valence-corrected chi connectivity index (χ0v) is 18.5. The normalized spacial score (nSPS) is 12.8. The molecule has 0 bridgehead atoms. The Morgan fingerprint density at radius 3 is 2.19 bits per heavy atom. The molecule has 0 aliphatic carbocycles. The van der Waals surface area contributed by atoms with Crippen LogP contribution in [0.2, 0.25) is 5.02 Å². The number of esters is 1. The Morgan fingerprint density at radius 2 is 1.59 bits per heavy atom. The average Bonchev–Trinajstić information content (AvgIpc) is 2.80. The maximum Gasteiger partial charge on any atom is 0.343 e. The Balaban J connectivity index is 1.78. The van der Waals surface area contributed by atoms with Crippen LogP contribution in [-0.2, 0) is 9.73 Å². The van der Waals surface area contributed by atoms with Crippen molar-refractivity contribution < 1.29 is 18.5 Å². The Labute approximate surface area is 190 Å². The molecule has 32 heavy (non-hydrogen) atoms. The minimum Gasteiger partial charge on any atom is -0.423 e. The van der Waals surface area contributed by atoms with Crippen LogP contribution >= 0.6 is 11.6 Å². The highest BCUT2D eigenvalue weighted by molar-refractivity contribution is 7.93. The van der Waals surface area contributed by atoms with Gasteiger partial charge in [0.25, 0.3) is 0 Å². The molecule has 3 aromatic carbocycles. The van der Waals surface area contributed by atoms with Gasteiger partial charge in [-0.3, -0.25) is 4.79 Å². The molecule has 1 unspecified atom stereocenters. The van der Waals surface area contributed by atoms with E-state index < -0.39 is 21.5 Å². The molecule has 6 nitrogen and oxygen atoms in total. The molecule has 0 heterocycles. The minimum absolute atomic E-state index is 0.223. The summed E-state index contributed by atoms with van der Waals surface area (Å²) < 4.78 is 22.3. The van der Waals surface area contributed by atoms with Gasteiger partial charge in [-0.05, 0) is 48.5 Å². The smallest absolute Gasteiger partial charge is 0.343 e. The first-order valence-electron chi connectivity index (χ1n) is 9.29. The third-order valence-electron chi connectivity index (χ3n) is 4.34. The van der Waals surface area contributed by atoms with Gasteiger partial charge >= 0.3 is 5.97 Å². The molecular formula is C24H17ClN2O4S. The summed E-state index contributed by atoms with van der Waals surface area (Å²) in [5.74, 6) is -0.801. The van der Waals surface area contributed by atoms with Gasteiger partial charge < -0.3 is 4.74 Å².